The van der Waals surface area contributed by atoms with E-state index in [9.17, 15) is 0 Å². The van der Waals surface area contributed by atoms with Gasteiger partial charge in [-0.1, -0.05) is 13.3 Å². The second-order valence-corrected chi connectivity index (χ2v) is 4.73. The van der Waals surface area contributed by atoms with Gasteiger partial charge in [-0.2, -0.15) is 0 Å². The molecule has 0 aliphatic carbocycles. The molecule has 0 spiro atoms. The van der Waals surface area contributed by atoms with E-state index in [1.54, 1.807) is 0 Å². The first-order valence-corrected chi connectivity index (χ1v) is 6.90. The predicted molar refractivity (Wildman–Crippen MR) is 68.6 cm³/mol. The largest absolute Gasteiger partial charge is 0.380 e. The number of nitrogens with zero attached hydrogens (tertiary/aromatic N) is 1. The summed E-state index contributed by atoms with van der Waals surface area (Å²) in [4.78, 5) is 2.58. The number of unbranched alkanes of at least 4 members (excludes halogenated alkanes) is 1. The van der Waals surface area contributed by atoms with Crippen molar-refractivity contribution in [3.63, 3.8) is 0 Å². The highest BCUT2D eigenvalue weighted by Gasteiger charge is 2.22. The van der Waals surface area contributed by atoms with Crippen LogP contribution in [0.25, 0.3) is 0 Å². The second kappa shape index (κ2) is 8.97. The minimum absolute atomic E-state index is 0.776. The molecular weight excluding hydrogens is 200 g/mol. The van der Waals surface area contributed by atoms with Crippen molar-refractivity contribution in [3.8, 4) is 0 Å². The summed E-state index contributed by atoms with van der Waals surface area (Å²) in [5.74, 6) is 0. The van der Waals surface area contributed by atoms with Gasteiger partial charge < -0.3 is 10.5 Å². The maximum atomic E-state index is 5.62. The fourth-order valence-electron chi connectivity index (χ4n) is 2.40. The molecule has 1 rings (SSSR count). The standard InChI is InChI=1S/C13H28N2O/c1-2-3-11-16-12-10-15-9-5-7-13(15)6-4-8-14/h13H,2-12,14H2,1H3. The number of hydrogen-bond donors (Lipinski definition) is 1. The first-order chi connectivity index (χ1) is 7.88. The fraction of sp³-hybridized carbons (Fsp3) is 1.00. The van der Waals surface area contributed by atoms with Gasteiger partial charge in [0, 0.05) is 19.2 Å². The number of rotatable bonds is 9. The molecule has 0 bridgehead atoms. The molecule has 1 aliphatic rings. The Morgan fingerprint density at radius 2 is 2.19 bits per heavy atom. The molecule has 1 unspecified atom stereocenters. The van der Waals surface area contributed by atoms with E-state index in [4.69, 9.17) is 10.5 Å². The smallest absolute Gasteiger partial charge is 0.0593 e. The molecule has 1 heterocycles. The lowest BCUT2D eigenvalue weighted by Gasteiger charge is -2.24. The topological polar surface area (TPSA) is 38.5 Å². The van der Waals surface area contributed by atoms with E-state index in [-0.39, 0.29) is 0 Å². The Labute approximate surface area is 100 Å². The second-order valence-electron chi connectivity index (χ2n) is 4.73. The Balaban J connectivity index is 2.05. The van der Waals surface area contributed by atoms with Gasteiger partial charge in [-0.05, 0) is 45.2 Å². The van der Waals surface area contributed by atoms with Gasteiger partial charge in [0.15, 0.2) is 0 Å². The number of likely N-dealkylation sites (tertiary alicyclic amines) is 1. The van der Waals surface area contributed by atoms with Crippen molar-refractivity contribution in [2.24, 2.45) is 5.73 Å². The van der Waals surface area contributed by atoms with Gasteiger partial charge in [0.05, 0.1) is 6.61 Å². The van der Waals surface area contributed by atoms with E-state index in [1.807, 2.05) is 0 Å². The average molecular weight is 228 g/mol. The molecule has 0 aromatic heterocycles. The van der Waals surface area contributed by atoms with Crippen LogP contribution in [0.2, 0.25) is 0 Å². The van der Waals surface area contributed by atoms with Crippen LogP contribution in [0.15, 0.2) is 0 Å². The summed E-state index contributed by atoms with van der Waals surface area (Å²) in [7, 11) is 0. The highest BCUT2D eigenvalue weighted by Crippen LogP contribution is 2.20. The van der Waals surface area contributed by atoms with Crippen molar-refractivity contribution in [1.29, 1.82) is 0 Å². The van der Waals surface area contributed by atoms with Crippen molar-refractivity contribution in [3.05, 3.63) is 0 Å². The van der Waals surface area contributed by atoms with E-state index in [0.29, 0.717) is 0 Å². The van der Waals surface area contributed by atoms with Crippen molar-refractivity contribution >= 4 is 0 Å². The first-order valence-electron chi connectivity index (χ1n) is 6.90. The molecule has 3 nitrogen and oxygen atoms in total. The zero-order valence-electron chi connectivity index (χ0n) is 10.8. The Morgan fingerprint density at radius 3 is 2.94 bits per heavy atom. The van der Waals surface area contributed by atoms with Gasteiger partial charge >= 0.3 is 0 Å². The molecule has 1 aliphatic heterocycles. The molecule has 0 saturated carbocycles. The molecule has 16 heavy (non-hydrogen) atoms. The van der Waals surface area contributed by atoms with Crippen molar-refractivity contribution < 1.29 is 4.74 Å². The Bertz CT molecular complexity index is 164. The van der Waals surface area contributed by atoms with Gasteiger partial charge in [-0.15, -0.1) is 0 Å². The normalized spacial score (nSPS) is 21.8. The summed E-state index contributed by atoms with van der Waals surface area (Å²) in [6, 6.07) is 0.776. The minimum atomic E-state index is 0.776. The molecule has 1 atom stereocenters. The summed E-state index contributed by atoms with van der Waals surface area (Å²) in [5.41, 5.74) is 5.56. The van der Waals surface area contributed by atoms with Crippen LogP contribution in [-0.2, 0) is 4.74 Å². The van der Waals surface area contributed by atoms with E-state index >= 15 is 0 Å². The number of hydrogen-bond acceptors (Lipinski definition) is 3. The number of nitrogens with two attached hydrogens (primary N) is 1. The zero-order chi connectivity index (χ0) is 11.6. The Hall–Kier alpha value is -0.120. The monoisotopic (exact) mass is 228 g/mol. The zero-order valence-corrected chi connectivity index (χ0v) is 10.8. The number of ether oxygens (including phenoxy) is 1. The van der Waals surface area contributed by atoms with E-state index in [2.05, 4.69) is 11.8 Å². The van der Waals surface area contributed by atoms with Gasteiger partial charge in [0.2, 0.25) is 0 Å². The van der Waals surface area contributed by atoms with Crippen LogP contribution in [0.1, 0.15) is 45.4 Å². The van der Waals surface area contributed by atoms with Crippen LogP contribution in [0.5, 0.6) is 0 Å². The van der Waals surface area contributed by atoms with Crippen LogP contribution in [-0.4, -0.2) is 43.8 Å². The van der Waals surface area contributed by atoms with E-state index in [0.717, 1.165) is 38.8 Å². The van der Waals surface area contributed by atoms with E-state index < -0.39 is 0 Å². The molecule has 3 heteroatoms. The van der Waals surface area contributed by atoms with Crippen LogP contribution in [0, 0.1) is 0 Å². The van der Waals surface area contributed by atoms with Gasteiger partial charge in [-0.25, -0.2) is 0 Å². The van der Waals surface area contributed by atoms with Crippen LogP contribution in [0.4, 0.5) is 0 Å². The highest BCUT2D eigenvalue weighted by molar-refractivity contribution is 4.78. The van der Waals surface area contributed by atoms with Gasteiger partial charge in [0.1, 0.15) is 0 Å². The Kier molecular flexibility index (Phi) is 7.81. The molecule has 2 N–H and O–H groups in total. The quantitative estimate of drug-likeness (QED) is 0.614. The van der Waals surface area contributed by atoms with E-state index in [1.165, 1.54) is 38.6 Å². The maximum Gasteiger partial charge on any atom is 0.0593 e. The molecular formula is C13H28N2O. The molecule has 0 amide bonds. The fourth-order valence-corrected chi connectivity index (χ4v) is 2.40. The Morgan fingerprint density at radius 1 is 1.31 bits per heavy atom. The van der Waals surface area contributed by atoms with Crippen LogP contribution in [0.3, 0.4) is 0 Å². The lowest BCUT2D eigenvalue weighted by atomic mass is 10.1. The van der Waals surface area contributed by atoms with Crippen LogP contribution >= 0.6 is 0 Å². The lowest BCUT2D eigenvalue weighted by molar-refractivity contribution is 0.0958. The lowest BCUT2D eigenvalue weighted by Crippen LogP contribution is -2.33. The van der Waals surface area contributed by atoms with Crippen molar-refractivity contribution in [2.45, 2.75) is 51.5 Å². The molecule has 0 radical (unpaired) electrons. The van der Waals surface area contributed by atoms with Crippen LogP contribution < -0.4 is 5.73 Å². The average Bonchev–Trinajstić information content (AvgIpc) is 2.74. The van der Waals surface area contributed by atoms with Gasteiger partial charge in [0.25, 0.3) is 0 Å². The maximum absolute atomic E-state index is 5.62. The third-order valence-corrected chi connectivity index (χ3v) is 3.41. The molecule has 0 aromatic rings. The summed E-state index contributed by atoms with van der Waals surface area (Å²) in [6.07, 6.45) is 7.56. The van der Waals surface area contributed by atoms with Gasteiger partial charge in [-0.3, -0.25) is 4.90 Å². The van der Waals surface area contributed by atoms with Crippen molar-refractivity contribution in [1.82, 2.24) is 4.90 Å². The third-order valence-electron chi connectivity index (χ3n) is 3.41. The highest BCUT2D eigenvalue weighted by atomic mass is 16.5. The predicted octanol–water partition coefficient (Wildman–Crippen LogP) is 2.01. The van der Waals surface area contributed by atoms with Crippen molar-refractivity contribution in [2.75, 3.05) is 32.8 Å². The molecule has 1 saturated heterocycles. The SMILES string of the molecule is CCCCOCCN1CCCC1CCCN. The minimum Gasteiger partial charge on any atom is -0.380 e. The molecule has 1 fully saturated rings. The summed E-state index contributed by atoms with van der Waals surface area (Å²) < 4.78 is 5.62. The first kappa shape index (κ1) is 13.9. The summed E-state index contributed by atoms with van der Waals surface area (Å²) in [5, 5.41) is 0. The summed E-state index contributed by atoms with van der Waals surface area (Å²) >= 11 is 0. The third kappa shape index (κ3) is 5.28. The summed E-state index contributed by atoms with van der Waals surface area (Å²) in [6.45, 7) is 7.23. The molecule has 0 aromatic carbocycles. The molecule has 96 valence electrons.